The van der Waals surface area contributed by atoms with Crippen LogP contribution in [0.3, 0.4) is 0 Å². The summed E-state index contributed by atoms with van der Waals surface area (Å²) in [6, 6.07) is 2.15. The third-order valence-electron chi connectivity index (χ3n) is 2.44. The van der Waals surface area contributed by atoms with Gasteiger partial charge in [0.15, 0.2) is 0 Å². The maximum Gasteiger partial charge on any atom is 0.0672 e. The van der Waals surface area contributed by atoms with Gasteiger partial charge in [0.2, 0.25) is 0 Å². The lowest BCUT2D eigenvalue weighted by molar-refractivity contribution is 0.653. The molecular weight excluding hydrogens is 206 g/mol. The van der Waals surface area contributed by atoms with Crippen LogP contribution in [0.5, 0.6) is 0 Å². The van der Waals surface area contributed by atoms with Crippen molar-refractivity contribution in [1.29, 1.82) is 0 Å². The molecule has 0 amide bonds. The van der Waals surface area contributed by atoms with E-state index in [9.17, 15) is 0 Å². The van der Waals surface area contributed by atoms with Gasteiger partial charge in [-0.25, -0.2) is 0 Å². The molecule has 0 bridgehead atoms. The molecule has 0 fully saturated rings. The molecule has 15 heavy (non-hydrogen) atoms. The van der Waals surface area contributed by atoms with Gasteiger partial charge in [0.25, 0.3) is 0 Å². The van der Waals surface area contributed by atoms with Crippen LogP contribution < -0.4 is 5.73 Å². The summed E-state index contributed by atoms with van der Waals surface area (Å²) in [7, 11) is 0. The molecule has 80 valence electrons. The van der Waals surface area contributed by atoms with Gasteiger partial charge in [-0.3, -0.25) is 4.68 Å². The minimum Gasteiger partial charge on any atom is -0.326 e. The van der Waals surface area contributed by atoms with Gasteiger partial charge in [-0.1, -0.05) is 0 Å². The molecule has 4 heteroatoms. The monoisotopic (exact) mass is 221 g/mol. The van der Waals surface area contributed by atoms with Crippen molar-refractivity contribution in [3.63, 3.8) is 0 Å². The first-order valence-corrected chi connectivity index (χ1v) is 5.94. The quantitative estimate of drug-likeness (QED) is 0.865. The Morgan fingerprint density at radius 2 is 2.33 bits per heavy atom. The largest absolute Gasteiger partial charge is 0.326 e. The Hall–Kier alpha value is -1.13. The predicted molar refractivity (Wildman–Crippen MR) is 63.8 cm³/mol. The molecule has 2 N–H and O–H groups in total. The first-order chi connectivity index (χ1) is 7.24. The first-order valence-electron chi connectivity index (χ1n) is 5.06. The number of nitrogens with two attached hydrogens (primary N) is 1. The van der Waals surface area contributed by atoms with Gasteiger partial charge in [0, 0.05) is 29.7 Å². The number of hydrogen-bond donors (Lipinski definition) is 1. The Bertz CT molecular complexity index is 456. The second-order valence-corrected chi connectivity index (χ2v) is 4.49. The number of hydrogen-bond acceptors (Lipinski definition) is 3. The van der Waals surface area contributed by atoms with Gasteiger partial charge in [-0.2, -0.15) is 5.10 Å². The Morgan fingerprint density at radius 3 is 2.87 bits per heavy atom. The molecule has 0 aliphatic rings. The number of thiophene rings is 1. The summed E-state index contributed by atoms with van der Waals surface area (Å²) in [5.74, 6) is 0. The third kappa shape index (κ3) is 1.96. The molecule has 0 spiro atoms. The van der Waals surface area contributed by atoms with E-state index in [0.29, 0.717) is 6.54 Å². The van der Waals surface area contributed by atoms with Gasteiger partial charge < -0.3 is 5.73 Å². The molecule has 0 atom stereocenters. The van der Waals surface area contributed by atoms with Crippen molar-refractivity contribution in [1.82, 2.24) is 9.78 Å². The van der Waals surface area contributed by atoms with Crippen molar-refractivity contribution < 1.29 is 0 Å². The topological polar surface area (TPSA) is 43.8 Å². The molecule has 2 aromatic heterocycles. The van der Waals surface area contributed by atoms with E-state index in [1.165, 1.54) is 16.0 Å². The summed E-state index contributed by atoms with van der Waals surface area (Å²) >= 11 is 1.71. The van der Waals surface area contributed by atoms with Crippen molar-refractivity contribution in [3.05, 3.63) is 28.2 Å². The SMILES string of the molecule is CCn1cc(-c2csc(CN)c2)c(C)n1. The zero-order chi connectivity index (χ0) is 10.8. The van der Waals surface area contributed by atoms with Crippen LogP contribution in [-0.2, 0) is 13.1 Å². The molecule has 3 nitrogen and oxygen atoms in total. The second-order valence-electron chi connectivity index (χ2n) is 3.49. The second kappa shape index (κ2) is 4.16. The normalized spacial score (nSPS) is 10.9. The van der Waals surface area contributed by atoms with E-state index in [1.807, 2.05) is 11.6 Å². The van der Waals surface area contributed by atoms with E-state index >= 15 is 0 Å². The minimum atomic E-state index is 0.617. The highest BCUT2D eigenvalue weighted by molar-refractivity contribution is 7.10. The van der Waals surface area contributed by atoms with Crippen LogP contribution in [0.1, 0.15) is 17.5 Å². The molecule has 0 aromatic carbocycles. The van der Waals surface area contributed by atoms with Crippen molar-refractivity contribution in [3.8, 4) is 11.1 Å². The third-order valence-corrected chi connectivity index (χ3v) is 3.40. The number of aromatic nitrogens is 2. The van der Waals surface area contributed by atoms with Gasteiger partial charge >= 0.3 is 0 Å². The summed E-state index contributed by atoms with van der Waals surface area (Å²) in [5, 5.41) is 6.58. The van der Waals surface area contributed by atoms with E-state index in [4.69, 9.17) is 5.73 Å². The summed E-state index contributed by atoms with van der Waals surface area (Å²) in [4.78, 5) is 1.22. The zero-order valence-electron chi connectivity index (χ0n) is 9.03. The summed E-state index contributed by atoms with van der Waals surface area (Å²) < 4.78 is 1.96. The van der Waals surface area contributed by atoms with Crippen LogP contribution in [-0.4, -0.2) is 9.78 Å². The lowest BCUT2D eigenvalue weighted by Gasteiger charge is -1.92. The molecule has 0 saturated heterocycles. The van der Waals surface area contributed by atoms with Gasteiger partial charge in [-0.15, -0.1) is 11.3 Å². The summed E-state index contributed by atoms with van der Waals surface area (Å²) in [6.45, 7) is 5.66. The fraction of sp³-hybridized carbons (Fsp3) is 0.364. The van der Waals surface area contributed by atoms with E-state index in [0.717, 1.165) is 12.2 Å². The number of nitrogens with zero attached hydrogens (tertiary/aromatic N) is 2. The molecule has 2 rings (SSSR count). The smallest absolute Gasteiger partial charge is 0.0672 e. The average molecular weight is 221 g/mol. The van der Waals surface area contributed by atoms with Crippen molar-refractivity contribution >= 4 is 11.3 Å². The Kier molecular flexibility index (Phi) is 2.88. The number of aryl methyl sites for hydroxylation is 2. The fourth-order valence-electron chi connectivity index (χ4n) is 1.59. The van der Waals surface area contributed by atoms with Crippen molar-refractivity contribution in [2.24, 2.45) is 5.73 Å². The molecular formula is C11H15N3S. The highest BCUT2D eigenvalue weighted by Gasteiger charge is 2.08. The minimum absolute atomic E-state index is 0.617. The molecule has 0 aliphatic carbocycles. The van der Waals surface area contributed by atoms with E-state index in [1.54, 1.807) is 11.3 Å². The van der Waals surface area contributed by atoms with Crippen LogP contribution in [0.4, 0.5) is 0 Å². The van der Waals surface area contributed by atoms with Gasteiger partial charge in [0.1, 0.15) is 0 Å². The molecule has 0 saturated carbocycles. The summed E-state index contributed by atoms with van der Waals surface area (Å²) in [6.07, 6.45) is 2.09. The van der Waals surface area contributed by atoms with Crippen molar-refractivity contribution in [2.75, 3.05) is 0 Å². The maximum absolute atomic E-state index is 5.60. The lowest BCUT2D eigenvalue weighted by atomic mass is 10.1. The fourth-order valence-corrected chi connectivity index (χ4v) is 2.36. The lowest BCUT2D eigenvalue weighted by Crippen LogP contribution is -1.93. The van der Waals surface area contributed by atoms with Crippen LogP contribution >= 0.6 is 11.3 Å². The maximum atomic E-state index is 5.60. The van der Waals surface area contributed by atoms with E-state index < -0.39 is 0 Å². The first kappa shape index (κ1) is 10.4. The molecule has 2 heterocycles. The Balaban J connectivity index is 2.39. The van der Waals surface area contributed by atoms with Crippen LogP contribution in [0.25, 0.3) is 11.1 Å². The summed E-state index contributed by atoms with van der Waals surface area (Å²) in [5.41, 5.74) is 9.13. The standard InChI is InChI=1S/C11H15N3S/c1-3-14-6-11(8(2)13-14)9-4-10(5-12)15-7-9/h4,6-7H,3,5,12H2,1-2H3. The molecule has 0 unspecified atom stereocenters. The highest BCUT2D eigenvalue weighted by Crippen LogP contribution is 2.27. The van der Waals surface area contributed by atoms with E-state index in [2.05, 4.69) is 29.7 Å². The Morgan fingerprint density at radius 1 is 1.53 bits per heavy atom. The van der Waals surface area contributed by atoms with Gasteiger partial charge in [-0.05, 0) is 30.9 Å². The molecule has 0 aliphatic heterocycles. The molecule has 2 aromatic rings. The zero-order valence-corrected chi connectivity index (χ0v) is 9.84. The Labute approximate surface area is 93.5 Å². The molecule has 0 radical (unpaired) electrons. The number of rotatable bonds is 3. The highest BCUT2D eigenvalue weighted by atomic mass is 32.1. The average Bonchev–Trinajstić information content (AvgIpc) is 2.83. The van der Waals surface area contributed by atoms with Crippen LogP contribution in [0.2, 0.25) is 0 Å². The van der Waals surface area contributed by atoms with E-state index in [-0.39, 0.29) is 0 Å². The van der Waals surface area contributed by atoms with Crippen molar-refractivity contribution in [2.45, 2.75) is 26.9 Å². The van der Waals surface area contributed by atoms with Crippen LogP contribution in [0, 0.1) is 6.92 Å². The predicted octanol–water partition coefficient (Wildman–Crippen LogP) is 2.40. The van der Waals surface area contributed by atoms with Gasteiger partial charge in [0.05, 0.1) is 5.69 Å². The van der Waals surface area contributed by atoms with Crippen LogP contribution in [0.15, 0.2) is 17.6 Å².